The third kappa shape index (κ3) is 6.22. The zero-order chi connectivity index (χ0) is 20.5. The molecule has 2 aromatic rings. The molecule has 0 saturated heterocycles. The monoisotopic (exact) mass is 380 g/mol. The second-order valence-electron chi connectivity index (χ2n) is 7.36. The van der Waals surface area contributed by atoms with Crippen LogP contribution in [0.1, 0.15) is 63.5 Å². The first-order valence-corrected chi connectivity index (χ1v) is 10.3. The highest BCUT2D eigenvalue weighted by molar-refractivity contribution is 5.93. The third-order valence-corrected chi connectivity index (χ3v) is 4.85. The minimum absolute atomic E-state index is 0.0664. The van der Waals surface area contributed by atoms with Crippen LogP contribution >= 0.6 is 0 Å². The van der Waals surface area contributed by atoms with Crippen LogP contribution in [-0.4, -0.2) is 11.8 Å². The van der Waals surface area contributed by atoms with E-state index in [1.807, 2.05) is 38.1 Å². The molecule has 0 heterocycles. The summed E-state index contributed by atoms with van der Waals surface area (Å²) in [6, 6.07) is 12.1. The van der Waals surface area contributed by atoms with Gasteiger partial charge in [0.1, 0.15) is 0 Å². The van der Waals surface area contributed by atoms with Crippen molar-refractivity contribution in [2.45, 2.75) is 66.2 Å². The summed E-state index contributed by atoms with van der Waals surface area (Å²) in [6.45, 7) is 8.18. The Morgan fingerprint density at radius 3 is 1.43 bits per heavy atom. The van der Waals surface area contributed by atoms with Crippen LogP contribution < -0.4 is 10.6 Å². The van der Waals surface area contributed by atoms with Crippen LogP contribution in [0.5, 0.6) is 0 Å². The van der Waals surface area contributed by atoms with Crippen molar-refractivity contribution in [2.75, 3.05) is 10.6 Å². The van der Waals surface area contributed by atoms with Gasteiger partial charge in [0.2, 0.25) is 11.8 Å². The standard InChI is InChI=1S/C24H32N2O2/c1-5-7-9-23(27)25-21-13-11-19(15-17(21)3)20-12-14-22(18(4)16-20)26-24(28)10-8-6-2/h11-16H,5-10H2,1-4H3,(H,25,27)(H,26,28). The molecule has 2 N–H and O–H groups in total. The largest absolute Gasteiger partial charge is 0.326 e. The quantitative estimate of drug-likeness (QED) is 0.542. The summed E-state index contributed by atoms with van der Waals surface area (Å²) < 4.78 is 0. The van der Waals surface area contributed by atoms with Crippen molar-refractivity contribution in [3.63, 3.8) is 0 Å². The molecule has 0 saturated carbocycles. The Morgan fingerprint density at radius 2 is 1.11 bits per heavy atom. The highest BCUT2D eigenvalue weighted by atomic mass is 16.2. The van der Waals surface area contributed by atoms with E-state index in [2.05, 4.69) is 36.6 Å². The first kappa shape index (κ1) is 21.7. The van der Waals surface area contributed by atoms with Crippen LogP contribution in [0.25, 0.3) is 11.1 Å². The number of benzene rings is 2. The van der Waals surface area contributed by atoms with Crippen LogP contribution in [0.2, 0.25) is 0 Å². The molecule has 0 bridgehead atoms. The highest BCUT2D eigenvalue weighted by Gasteiger charge is 2.09. The Bertz CT molecular complexity index is 758. The molecule has 0 aliphatic rings. The fourth-order valence-corrected chi connectivity index (χ4v) is 3.07. The molecular formula is C24H32N2O2. The maximum Gasteiger partial charge on any atom is 0.224 e. The maximum absolute atomic E-state index is 12.0. The van der Waals surface area contributed by atoms with E-state index in [4.69, 9.17) is 0 Å². The number of hydrogen-bond acceptors (Lipinski definition) is 2. The Morgan fingerprint density at radius 1 is 0.714 bits per heavy atom. The molecule has 0 spiro atoms. The zero-order valence-electron chi connectivity index (χ0n) is 17.5. The molecule has 4 heteroatoms. The van der Waals surface area contributed by atoms with Crippen molar-refractivity contribution in [1.29, 1.82) is 0 Å². The molecule has 0 fully saturated rings. The number of carbonyl (C=O) groups excluding carboxylic acids is 2. The van der Waals surface area contributed by atoms with Crippen molar-refractivity contribution in [2.24, 2.45) is 0 Å². The number of carbonyl (C=O) groups is 2. The minimum atomic E-state index is 0.0664. The molecule has 2 amide bonds. The topological polar surface area (TPSA) is 58.2 Å². The average Bonchev–Trinajstić information content (AvgIpc) is 2.67. The fraction of sp³-hybridized carbons (Fsp3) is 0.417. The van der Waals surface area contributed by atoms with Crippen molar-refractivity contribution in [1.82, 2.24) is 0 Å². The van der Waals surface area contributed by atoms with E-state index in [0.29, 0.717) is 12.8 Å². The minimum Gasteiger partial charge on any atom is -0.326 e. The second-order valence-corrected chi connectivity index (χ2v) is 7.36. The van der Waals surface area contributed by atoms with Gasteiger partial charge in [-0.3, -0.25) is 9.59 Å². The molecule has 0 atom stereocenters. The predicted octanol–water partition coefficient (Wildman–Crippen LogP) is 6.23. The predicted molar refractivity (Wildman–Crippen MR) is 118 cm³/mol. The van der Waals surface area contributed by atoms with Gasteiger partial charge in [-0.25, -0.2) is 0 Å². The lowest BCUT2D eigenvalue weighted by Crippen LogP contribution is -2.12. The van der Waals surface area contributed by atoms with E-state index in [0.717, 1.165) is 59.3 Å². The van der Waals surface area contributed by atoms with E-state index in [1.165, 1.54) is 0 Å². The van der Waals surface area contributed by atoms with Crippen LogP contribution in [-0.2, 0) is 9.59 Å². The summed E-state index contributed by atoms with van der Waals surface area (Å²) in [5, 5.41) is 5.99. The van der Waals surface area contributed by atoms with Gasteiger partial charge in [-0.15, -0.1) is 0 Å². The first-order valence-electron chi connectivity index (χ1n) is 10.3. The Hall–Kier alpha value is -2.62. The van der Waals surface area contributed by atoms with Gasteiger partial charge in [-0.1, -0.05) is 38.8 Å². The summed E-state index contributed by atoms with van der Waals surface area (Å²) in [7, 11) is 0. The lowest BCUT2D eigenvalue weighted by Gasteiger charge is -2.13. The summed E-state index contributed by atoms with van der Waals surface area (Å²) in [4.78, 5) is 23.9. The van der Waals surface area contributed by atoms with Crippen molar-refractivity contribution >= 4 is 23.2 Å². The summed E-state index contributed by atoms with van der Waals surface area (Å²) >= 11 is 0. The average molecular weight is 381 g/mol. The molecule has 0 radical (unpaired) electrons. The number of unbranched alkanes of at least 4 members (excludes halogenated alkanes) is 2. The van der Waals surface area contributed by atoms with E-state index >= 15 is 0 Å². The van der Waals surface area contributed by atoms with Crippen LogP contribution in [0.15, 0.2) is 36.4 Å². The Labute approximate surface area is 168 Å². The number of hydrogen-bond donors (Lipinski definition) is 2. The molecule has 150 valence electrons. The van der Waals surface area contributed by atoms with Gasteiger partial charge in [0.15, 0.2) is 0 Å². The van der Waals surface area contributed by atoms with Crippen molar-refractivity contribution < 1.29 is 9.59 Å². The number of nitrogens with one attached hydrogen (secondary N) is 2. The van der Waals surface area contributed by atoms with Gasteiger partial charge < -0.3 is 10.6 Å². The van der Waals surface area contributed by atoms with Gasteiger partial charge in [-0.2, -0.15) is 0 Å². The number of rotatable bonds is 9. The van der Waals surface area contributed by atoms with Crippen LogP contribution in [0, 0.1) is 13.8 Å². The summed E-state index contributed by atoms with van der Waals surface area (Å²) in [5.74, 6) is 0.133. The highest BCUT2D eigenvalue weighted by Crippen LogP contribution is 2.28. The number of aryl methyl sites for hydroxylation is 2. The van der Waals surface area contributed by atoms with Gasteiger partial charge in [0.05, 0.1) is 0 Å². The molecule has 0 aliphatic heterocycles. The van der Waals surface area contributed by atoms with E-state index < -0.39 is 0 Å². The molecule has 0 unspecified atom stereocenters. The zero-order valence-corrected chi connectivity index (χ0v) is 17.5. The molecule has 0 aromatic heterocycles. The SMILES string of the molecule is CCCCC(=O)Nc1ccc(-c2ccc(NC(=O)CCCC)c(C)c2)cc1C. The van der Waals surface area contributed by atoms with Crippen LogP contribution in [0.4, 0.5) is 11.4 Å². The molecule has 4 nitrogen and oxygen atoms in total. The van der Waals surface area contributed by atoms with Crippen LogP contribution in [0.3, 0.4) is 0 Å². The Balaban J connectivity index is 2.10. The van der Waals surface area contributed by atoms with E-state index in [1.54, 1.807) is 0 Å². The molecule has 28 heavy (non-hydrogen) atoms. The first-order chi connectivity index (χ1) is 13.4. The van der Waals surface area contributed by atoms with Gasteiger partial charge in [0.25, 0.3) is 0 Å². The Kier molecular flexibility index (Phi) is 8.24. The van der Waals surface area contributed by atoms with Gasteiger partial charge >= 0.3 is 0 Å². The molecular weight excluding hydrogens is 348 g/mol. The lowest BCUT2D eigenvalue weighted by atomic mass is 9.99. The van der Waals surface area contributed by atoms with Crippen molar-refractivity contribution in [3.05, 3.63) is 47.5 Å². The summed E-state index contributed by atoms with van der Waals surface area (Å²) in [5.41, 5.74) is 5.99. The van der Waals surface area contributed by atoms with Gasteiger partial charge in [0, 0.05) is 24.2 Å². The molecule has 2 rings (SSSR count). The molecule has 2 aromatic carbocycles. The maximum atomic E-state index is 12.0. The smallest absolute Gasteiger partial charge is 0.224 e. The summed E-state index contributed by atoms with van der Waals surface area (Å²) in [6.07, 6.45) is 4.96. The van der Waals surface area contributed by atoms with E-state index in [-0.39, 0.29) is 11.8 Å². The van der Waals surface area contributed by atoms with E-state index in [9.17, 15) is 9.59 Å². The number of anilines is 2. The van der Waals surface area contributed by atoms with Crippen molar-refractivity contribution in [3.8, 4) is 11.1 Å². The molecule has 0 aliphatic carbocycles. The number of amides is 2. The fourth-order valence-electron chi connectivity index (χ4n) is 3.07. The lowest BCUT2D eigenvalue weighted by molar-refractivity contribution is -0.117. The normalized spacial score (nSPS) is 10.6. The second kappa shape index (κ2) is 10.6. The van der Waals surface area contributed by atoms with Gasteiger partial charge in [-0.05, 0) is 73.2 Å². The third-order valence-electron chi connectivity index (χ3n) is 4.85.